The van der Waals surface area contributed by atoms with Crippen LogP contribution < -0.4 is 5.32 Å². The van der Waals surface area contributed by atoms with Crippen LogP contribution in [0.1, 0.15) is 40.9 Å². The molecule has 1 N–H and O–H groups in total. The van der Waals surface area contributed by atoms with E-state index in [0.29, 0.717) is 10.7 Å². The number of hydrogen-bond donors (Lipinski definition) is 1. The molecule has 0 radical (unpaired) electrons. The van der Waals surface area contributed by atoms with Crippen molar-refractivity contribution in [1.29, 1.82) is 0 Å². The van der Waals surface area contributed by atoms with E-state index in [0.717, 1.165) is 12.0 Å². The van der Waals surface area contributed by atoms with Crippen LogP contribution >= 0.6 is 11.6 Å². The highest BCUT2D eigenvalue weighted by Crippen LogP contribution is 2.18. The molecule has 0 aliphatic carbocycles. The summed E-state index contributed by atoms with van der Waals surface area (Å²) in [5.41, 5.74) is 2.83. The molecule has 1 aromatic carbocycles. The molecule has 2 rings (SSSR count). The first-order chi connectivity index (χ1) is 9.60. The fourth-order valence-corrected chi connectivity index (χ4v) is 2.18. The minimum Gasteiger partial charge on any atom is -0.345 e. The molecular weight excluding hydrogens is 272 g/mol. The Balaban J connectivity index is 2.14. The average molecular weight is 289 g/mol. The van der Waals surface area contributed by atoms with Gasteiger partial charge in [-0.05, 0) is 31.0 Å². The Morgan fingerprint density at radius 3 is 2.60 bits per heavy atom. The van der Waals surface area contributed by atoms with Crippen molar-refractivity contribution in [2.45, 2.75) is 26.3 Å². The molecular formula is C16H17ClN2O. The Labute approximate surface area is 124 Å². The van der Waals surface area contributed by atoms with Gasteiger partial charge in [-0.1, -0.05) is 48.4 Å². The van der Waals surface area contributed by atoms with Gasteiger partial charge in [0.25, 0.3) is 5.91 Å². The lowest BCUT2D eigenvalue weighted by molar-refractivity contribution is 0.0935. The molecule has 0 fully saturated rings. The Morgan fingerprint density at radius 2 is 2.00 bits per heavy atom. The molecule has 0 aliphatic rings. The second kappa shape index (κ2) is 6.53. The van der Waals surface area contributed by atoms with Gasteiger partial charge in [-0.2, -0.15) is 0 Å². The Hall–Kier alpha value is -1.87. The summed E-state index contributed by atoms with van der Waals surface area (Å²) < 4.78 is 0. The maximum absolute atomic E-state index is 12.2. The molecule has 1 heterocycles. The van der Waals surface area contributed by atoms with Crippen molar-refractivity contribution in [2.75, 3.05) is 0 Å². The second-order valence-corrected chi connectivity index (χ2v) is 5.10. The maximum atomic E-state index is 12.2. The Morgan fingerprint density at radius 1 is 1.30 bits per heavy atom. The third-order valence-corrected chi connectivity index (χ3v) is 3.39. The number of aromatic nitrogens is 1. The first-order valence-corrected chi connectivity index (χ1v) is 6.97. The van der Waals surface area contributed by atoms with Crippen molar-refractivity contribution >= 4 is 17.5 Å². The van der Waals surface area contributed by atoms with Crippen molar-refractivity contribution in [1.82, 2.24) is 10.3 Å². The number of aryl methyl sites for hydroxylation is 1. The highest BCUT2D eigenvalue weighted by atomic mass is 35.5. The largest absolute Gasteiger partial charge is 0.345 e. The van der Waals surface area contributed by atoms with E-state index < -0.39 is 0 Å². The summed E-state index contributed by atoms with van der Waals surface area (Å²) in [5.74, 6) is -0.137. The van der Waals surface area contributed by atoms with Gasteiger partial charge in [0.1, 0.15) is 5.15 Å². The SMILES string of the molecule is CCC(NC(=O)c1ccnc(Cl)c1)c1ccc(C)cc1. The molecule has 3 nitrogen and oxygen atoms in total. The van der Waals surface area contributed by atoms with Gasteiger partial charge in [-0.15, -0.1) is 0 Å². The van der Waals surface area contributed by atoms with Crippen molar-refractivity contribution in [3.8, 4) is 0 Å². The zero-order valence-corrected chi connectivity index (χ0v) is 12.3. The molecule has 1 atom stereocenters. The summed E-state index contributed by atoms with van der Waals surface area (Å²) in [6, 6.07) is 11.4. The first-order valence-electron chi connectivity index (χ1n) is 6.59. The third kappa shape index (κ3) is 3.58. The van der Waals surface area contributed by atoms with Crippen LogP contribution in [0, 0.1) is 6.92 Å². The molecule has 0 saturated carbocycles. The third-order valence-electron chi connectivity index (χ3n) is 3.18. The normalized spacial score (nSPS) is 11.9. The molecule has 4 heteroatoms. The molecule has 1 aromatic heterocycles. The molecule has 1 unspecified atom stereocenters. The van der Waals surface area contributed by atoms with Gasteiger partial charge in [0.05, 0.1) is 6.04 Å². The van der Waals surface area contributed by atoms with Crippen LogP contribution in [0.2, 0.25) is 5.15 Å². The van der Waals surface area contributed by atoms with Crippen molar-refractivity contribution in [3.05, 3.63) is 64.4 Å². The summed E-state index contributed by atoms with van der Waals surface area (Å²) in [7, 11) is 0. The van der Waals surface area contributed by atoms with Crippen molar-refractivity contribution in [2.24, 2.45) is 0 Å². The van der Waals surface area contributed by atoms with E-state index in [-0.39, 0.29) is 11.9 Å². The van der Waals surface area contributed by atoms with Crippen LogP contribution in [-0.4, -0.2) is 10.9 Å². The standard InChI is InChI=1S/C16H17ClN2O/c1-3-14(12-6-4-11(2)5-7-12)19-16(20)13-8-9-18-15(17)10-13/h4-10,14H,3H2,1-2H3,(H,19,20). The molecule has 104 valence electrons. The van der Waals surface area contributed by atoms with E-state index in [4.69, 9.17) is 11.6 Å². The summed E-state index contributed by atoms with van der Waals surface area (Å²) in [6.45, 7) is 4.09. The predicted molar refractivity (Wildman–Crippen MR) is 80.9 cm³/mol. The summed E-state index contributed by atoms with van der Waals surface area (Å²) in [4.78, 5) is 16.1. The number of rotatable bonds is 4. The molecule has 0 saturated heterocycles. The summed E-state index contributed by atoms with van der Waals surface area (Å²) in [5, 5.41) is 3.34. The van der Waals surface area contributed by atoms with Gasteiger partial charge in [0.2, 0.25) is 0 Å². The number of benzene rings is 1. The molecule has 1 amide bonds. The van der Waals surface area contributed by atoms with Gasteiger partial charge in [0, 0.05) is 11.8 Å². The number of halogens is 1. The molecule has 2 aromatic rings. The van der Waals surface area contributed by atoms with Gasteiger partial charge in [-0.25, -0.2) is 4.98 Å². The van der Waals surface area contributed by atoms with E-state index in [1.807, 2.05) is 38.1 Å². The molecule has 20 heavy (non-hydrogen) atoms. The van der Waals surface area contributed by atoms with Gasteiger partial charge < -0.3 is 5.32 Å². The molecule has 0 bridgehead atoms. The highest BCUT2D eigenvalue weighted by molar-refractivity contribution is 6.29. The number of nitrogens with zero attached hydrogens (tertiary/aromatic N) is 1. The van der Waals surface area contributed by atoms with Gasteiger partial charge >= 0.3 is 0 Å². The van der Waals surface area contributed by atoms with Crippen LogP contribution in [0.4, 0.5) is 0 Å². The van der Waals surface area contributed by atoms with Crippen molar-refractivity contribution in [3.63, 3.8) is 0 Å². The fraction of sp³-hybridized carbons (Fsp3) is 0.250. The zero-order valence-electron chi connectivity index (χ0n) is 11.6. The maximum Gasteiger partial charge on any atom is 0.251 e. The fourth-order valence-electron chi connectivity index (χ4n) is 2.01. The van der Waals surface area contributed by atoms with Crippen LogP contribution in [0.5, 0.6) is 0 Å². The monoisotopic (exact) mass is 288 g/mol. The molecule has 0 aliphatic heterocycles. The van der Waals surface area contributed by atoms with Crippen LogP contribution in [-0.2, 0) is 0 Å². The smallest absolute Gasteiger partial charge is 0.251 e. The predicted octanol–water partition coefficient (Wildman–Crippen LogP) is 3.92. The van der Waals surface area contributed by atoms with Crippen LogP contribution in [0.3, 0.4) is 0 Å². The zero-order chi connectivity index (χ0) is 14.5. The number of pyridine rings is 1. The van der Waals surface area contributed by atoms with Gasteiger partial charge in [-0.3, -0.25) is 4.79 Å². The lowest BCUT2D eigenvalue weighted by Crippen LogP contribution is -2.28. The first kappa shape index (κ1) is 14.5. The topological polar surface area (TPSA) is 42.0 Å². The quantitative estimate of drug-likeness (QED) is 0.866. The van der Waals surface area contributed by atoms with E-state index in [9.17, 15) is 4.79 Å². The van der Waals surface area contributed by atoms with Crippen molar-refractivity contribution < 1.29 is 4.79 Å². The number of amides is 1. The van der Waals surface area contributed by atoms with E-state index >= 15 is 0 Å². The van der Waals surface area contributed by atoms with Crippen LogP contribution in [0.25, 0.3) is 0 Å². The molecule has 0 spiro atoms. The minimum atomic E-state index is -0.137. The van der Waals surface area contributed by atoms with Crippen LogP contribution in [0.15, 0.2) is 42.6 Å². The second-order valence-electron chi connectivity index (χ2n) is 4.71. The number of carbonyl (C=O) groups is 1. The highest BCUT2D eigenvalue weighted by Gasteiger charge is 2.14. The van der Waals surface area contributed by atoms with E-state index in [2.05, 4.69) is 10.3 Å². The Bertz CT molecular complexity index is 596. The summed E-state index contributed by atoms with van der Waals surface area (Å²) >= 11 is 5.80. The lowest BCUT2D eigenvalue weighted by Gasteiger charge is -2.17. The summed E-state index contributed by atoms with van der Waals surface area (Å²) in [6.07, 6.45) is 2.36. The minimum absolute atomic E-state index is 0.00459. The number of nitrogens with one attached hydrogen (secondary N) is 1. The number of hydrogen-bond acceptors (Lipinski definition) is 2. The van der Waals surface area contributed by atoms with Gasteiger partial charge in [0.15, 0.2) is 0 Å². The van der Waals surface area contributed by atoms with E-state index in [1.165, 1.54) is 11.8 Å². The number of carbonyl (C=O) groups excluding carboxylic acids is 1. The van der Waals surface area contributed by atoms with E-state index in [1.54, 1.807) is 12.1 Å². The Kier molecular flexibility index (Phi) is 4.74. The lowest BCUT2D eigenvalue weighted by atomic mass is 10.0. The average Bonchev–Trinajstić information content (AvgIpc) is 2.45.